The lowest BCUT2D eigenvalue weighted by Gasteiger charge is -2.21. The average molecular weight is 376 g/mol. The second kappa shape index (κ2) is 7.56. The normalized spacial score (nSPS) is 16.9. The fraction of sp³-hybridized carbons (Fsp3) is 0.474. The number of carbonyl (C=O) groups is 1. The molecule has 7 nitrogen and oxygen atoms in total. The first kappa shape index (κ1) is 19.2. The van der Waals surface area contributed by atoms with Gasteiger partial charge >= 0.3 is 0 Å². The second-order valence-corrected chi connectivity index (χ2v) is 7.11. The number of hydrogen-bond donors (Lipinski definition) is 0. The summed E-state index contributed by atoms with van der Waals surface area (Å²) in [6, 6.07) is 4.68. The summed E-state index contributed by atoms with van der Waals surface area (Å²) >= 11 is 0. The summed E-state index contributed by atoms with van der Waals surface area (Å²) in [5.74, 6) is 0.238. The van der Waals surface area contributed by atoms with Gasteiger partial charge in [-0.3, -0.25) is 4.79 Å². The number of rotatable bonds is 5. The number of likely N-dealkylation sites (N-methyl/N-ethyl adjacent to an activating group) is 1. The summed E-state index contributed by atoms with van der Waals surface area (Å²) in [6.07, 6.45) is 0.918. The summed E-state index contributed by atoms with van der Waals surface area (Å²) in [4.78, 5) is 19.0. The van der Waals surface area contributed by atoms with Crippen LogP contribution in [0.15, 0.2) is 22.7 Å². The molecule has 1 aromatic carbocycles. The average Bonchev–Trinajstić information content (AvgIpc) is 3.29. The first-order valence-corrected chi connectivity index (χ1v) is 8.80. The minimum absolute atomic E-state index is 0.0857. The van der Waals surface area contributed by atoms with Crippen molar-refractivity contribution in [1.82, 2.24) is 15.0 Å². The maximum atomic E-state index is 13.8. The highest BCUT2D eigenvalue weighted by atomic mass is 19.1. The van der Waals surface area contributed by atoms with Crippen molar-refractivity contribution in [3.8, 4) is 17.1 Å². The number of methoxy groups -OCH3 is 1. The van der Waals surface area contributed by atoms with Crippen LogP contribution in [0, 0.1) is 5.82 Å². The highest BCUT2D eigenvalue weighted by molar-refractivity contribution is 6.04. The number of benzene rings is 1. The highest BCUT2D eigenvalue weighted by Crippen LogP contribution is 2.35. The molecule has 1 amide bonds. The van der Waals surface area contributed by atoms with Crippen molar-refractivity contribution in [3.63, 3.8) is 0 Å². The van der Waals surface area contributed by atoms with Gasteiger partial charge in [0.1, 0.15) is 5.56 Å². The first-order chi connectivity index (χ1) is 12.8. The van der Waals surface area contributed by atoms with E-state index in [2.05, 4.69) is 10.1 Å². The van der Waals surface area contributed by atoms with Crippen LogP contribution in [0.5, 0.6) is 5.75 Å². The number of halogens is 1. The maximum absolute atomic E-state index is 13.8. The zero-order chi connectivity index (χ0) is 19.7. The summed E-state index contributed by atoms with van der Waals surface area (Å²) in [7, 11) is 9.02. The molecule has 0 saturated carbocycles. The van der Waals surface area contributed by atoms with E-state index < -0.39 is 5.82 Å². The van der Waals surface area contributed by atoms with Crippen molar-refractivity contribution in [2.45, 2.75) is 12.5 Å². The van der Waals surface area contributed by atoms with E-state index in [-0.39, 0.29) is 11.7 Å². The predicted molar refractivity (Wildman–Crippen MR) is 101 cm³/mol. The molecule has 0 aliphatic carbocycles. The molecule has 1 aliphatic rings. The zero-order valence-electron chi connectivity index (χ0n) is 16.3. The van der Waals surface area contributed by atoms with Gasteiger partial charge in [-0.15, -0.1) is 0 Å². The Morgan fingerprint density at radius 3 is 2.67 bits per heavy atom. The monoisotopic (exact) mass is 376 g/mol. The fourth-order valence-electron chi connectivity index (χ4n) is 3.28. The fourth-order valence-corrected chi connectivity index (χ4v) is 3.28. The molecule has 0 spiro atoms. The summed E-state index contributed by atoms with van der Waals surface area (Å²) in [5.41, 5.74) is 0.925. The van der Waals surface area contributed by atoms with Crippen molar-refractivity contribution in [2.75, 3.05) is 53.3 Å². The van der Waals surface area contributed by atoms with E-state index in [1.165, 1.54) is 19.2 Å². The Morgan fingerprint density at radius 1 is 1.33 bits per heavy atom. The molecule has 0 N–H and O–H groups in total. The molecular formula is C19H25FN4O3. The van der Waals surface area contributed by atoms with Gasteiger partial charge in [-0.1, -0.05) is 5.16 Å². The number of carbonyl (C=O) groups excluding carboxylic acids is 1. The van der Waals surface area contributed by atoms with Gasteiger partial charge < -0.3 is 24.0 Å². The Morgan fingerprint density at radius 2 is 2.07 bits per heavy atom. The van der Waals surface area contributed by atoms with E-state index in [1.807, 2.05) is 19.0 Å². The van der Waals surface area contributed by atoms with Crippen molar-refractivity contribution in [3.05, 3.63) is 29.6 Å². The van der Waals surface area contributed by atoms with E-state index >= 15 is 0 Å². The van der Waals surface area contributed by atoms with Gasteiger partial charge in [0.05, 0.1) is 7.11 Å². The molecule has 2 aromatic rings. The molecule has 0 radical (unpaired) electrons. The lowest BCUT2D eigenvalue weighted by atomic mass is 10.1. The van der Waals surface area contributed by atoms with Crippen molar-refractivity contribution in [2.24, 2.45) is 0 Å². The summed E-state index contributed by atoms with van der Waals surface area (Å²) in [5, 5.41) is 4.08. The number of ether oxygens (including phenoxy) is 1. The third-order valence-electron chi connectivity index (χ3n) is 4.91. The molecule has 2 heterocycles. The number of anilines is 1. The molecule has 0 bridgehead atoms. The van der Waals surface area contributed by atoms with Crippen molar-refractivity contribution >= 4 is 11.7 Å². The number of amides is 1. The molecule has 8 heteroatoms. The van der Waals surface area contributed by atoms with Crippen LogP contribution in [-0.2, 0) is 0 Å². The van der Waals surface area contributed by atoms with Crippen LogP contribution in [0.3, 0.4) is 0 Å². The van der Waals surface area contributed by atoms with Gasteiger partial charge in [-0.25, -0.2) is 4.39 Å². The van der Waals surface area contributed by atoms with E-state index in [0.29, 0.717) is 41.8 Å². The van der Waals surface area contributed by atoms with Gasteiger partial charge in [0, 0.05) is 38.8 Å². The Labute approximate surface area is 158 Å². The number of likely N-dealkylation sites (tertiary alicyclic amines) is 1. The van der Waals surface area contributed by atoms with Gasteiger partial charge in [0.15, 0.2) is 23.1 Å². The predicted octanol–water partition coefficient (Wildman–Crippen LogP) is 2.33. The zero-order valence-corrected chi connectivity index (χ0v) is 16.3. The SMILES string of the molecule is COc1cc(-c2onc(N(C)C)c2C(=O)N2CCC(N(C)C)C2)ccc1F. The Hall–Kier alpha value is -2.61. The first-order valence-electron chi connectivity index (χ1n) is 8.80. The van der Waals surface area contributed by atoms with Crippen LogP contribution in [0.25, 0.3) is 11.3 Å². The highest BCUT2D eigenvalue weighted by Gasteiger charge is 2.34. The topological polar surface area (TPSA) is 62.1 Å². The molecule has 1 fully saturated rings. The Balaban J connectivity index is 2.01. The van der Waals surface area contributed by atoms with Crippen LogP contribution in [-0.4, -0.2) is 75.3 Å². The van der Waals surface area contributed by atoms with E-state index in [1.54, 1.807) is 25.1 Å². The third-order valence-corrected chi connectivity index (χ3v) is 4.91. The Kier molecular flexibility index (Phi) is 5.36. The standard InChI is InChI=1S/C19H25FN4O3/c1-22(2)13-8-9-24(11-13)19(25)16-17(27-21-18(16)23(3)4)12-6-7-14(20)15(10-12)26-5/h6-7,10,13H,8-9,11H2,1-5H3. The molecular weight excluding hydrogens is 351 g/mol. The molecule has 1 aliphatic heterocycles. The van der Waals surface area contributed by atoms with Gasteiger partial charge in [-0.2, -0.15) is 0 Å². The summed E-state index contributed by atoms with van der Waals surface area (Å²) in [6.45, 7) is 1.32. The number of aromatic nitrogens is 1. The third kappa shape index (κ3) is 3.62. The molecule has 1 aromatic heterocycles. The summed E-state index contributed by atoms with van der Waals surface area (Å²) < 4.78 is 24.3. The van der Waals surface area contributed by atoms with Crippen LogP contribution >= 0.6 is 0 Å². The number of nitrogens with zero attached hydrogens (tertiary/aromatic N) is 4. The molecule has 3 rings (SSSR count). The van der Waals surface area contributed by atoms with E-state index in [4.69, 9.17) is 9.26 Å². The van der Waals surface area contributed by atoms with E-state index in [0.717, 1.165) is 6.42 Å². The lowest BCUT2D eigenvalue weighted by molar-refractivity contribution is 0.0784. The smallest absolute Gasteiger partial charge is 0.261 e. The van der Waals surface area contributed by atoms with Gasteiger partial charge in [0.25, 0.3) is 5.91 Å². The van der Waals surface area contributed by atoms with Crippen LogP contribution in [0.1, 0.15) is 16.8 Å². The molecule has 146 valence electrons. The van der Waals surface area contributed by atoms with Crippen LogP contribution in [0.4, 0.5) is 10.2 Å². The second-order valence-electron chi connectivity index (χ2n) is 7.11. The van der Waals surface area contributed by atoms with Crippen molar-refractivity contribution < 1.29 is 18.4 Å². The van der Waals surface area contributed by atoms with Crippen molar-refractivity contribution in [1.29, 1.82) is 0 Å². The van der Waals surface area contributed by atoms with E-state index in [9.17, 15) is 9.18 Å². The van der Waals surface area contributed by atoms with Crippen LogP contribution in [0.2, 0.25) is 0 Å². The minimum atomic E-state index is -0.477. The van der Waals surface area contributed by atoms with Gasteiger partial charge in [-0.05, 0) is 38.7 Å². The molecule has 1 unspecified atom stereocenters. The lowest BCUT2D eigenvalue weighted by Crippen LogP contribution is -2.35. The maximum Gasteiger partial charge on any atom is 0.261 e. The quantitative estimate of drug-likeness (QED) is 0.798. The minimum Gasteiger partial charge on any atom is -0.494 e. The largest absolute Gasteiger partial charge is 0.494 e. The Bertz CT molecular complexity index is 834. The molecule has 1 saturated heterocycles. The number of hydrogen-bond acceptors (Lipinski definition) is 6. The molecule has 1 atom stereocenters. The van der Waals surface area contributed by atoms with Crippen LogP contribution < -0.4 is 9.64 Å². The van der Waals surface area contributed by atoms with Gasteiger partial charge in [0.2, 0.25) is 0 Å². The molecule has 27 heavy (non-hydrogen) atoms.